The van der Waals surface area contributed by atoms with Crippen LogP contribution in [0.25, 0.3) is 0 Å². The van der Waals surface area contributed by atoms with Gasteiger partial charge in [0.15, 0.2) is 0 Å². The van der Waals surface area contributed by atoms with E-state index in [-0.39, 0.29) is 23.0 Å². The van der Waals surface area contributed by atoms with Crippen LogP contribution in [0.3, 0.4) is 0 Å². The minimum Gasteiger partial charge on any atom is -0.354 e. The molecule has 0 saturated heterocycles. The lowest BCUT2D eigenvalue weighted by Gasteiger charge is -2.33. The second-order valence-corrected chi connectivity index (χ2v) is 13.2. The number of carbonyl (C=O) groups excluding carboxylic acids is 2. The average molecular weight is 653 g/mol. The Morgan fingerprint density at radius 1 is 0.905 bits per heavy atom. The monoisotopic (exact) mass is 651 g/mol. The lowest BCUT2D eigenvalue weighted by atomic mass is 10.1. The number of unbranched alkanes of at least 4 members (excludes halogenated alkanes) is 1. The molecule has 1 atom stereocenters. The maximum atomic E-state index is 14.2. The van der Waals surface area contributed by atoms with Crippen LogP contribution >= 0.6 is 34.8 Å². The van der Waals surface area contributed by atoms with Crippen LogP contribution in [0.1, 0.15) is 49.8 Å². The van der Waals surface area contributed by atoms with Crippen molar-refractivity contribution in [2.24, 2.45) is 0 Å². The van der Waals surface area contributed by atoms with E-state index in [1.54, 1.807) is 56.3 Å². The number of benzene rings is 3. The Bertz CT molecular complexity index is 1510. The van der Waals surface area contributed by atoms with E-state index in [2.05, 4.69) is 5.32 Å². The highest BCUT2D eigenvalue weighted by Crippen LogP contribution is 2.30. The van der Waals surface area contributed by atoms with Crippen molar-refractivity contribution in [3.8, 4) is 0 Å². The number of nitrogens with one attached hydrogen (secondary N) is 1. The first-order valence-electron chi connectivity index (χ1n) is 13.8. The van der Waals surface area contributed by atoms with E-state index in [0.717, 1.165) is 22.7 Å². The number of hydrogen-bond acceptors (Lipinski definition) is 4. The van der Waals surface area contributed by atoms with Crippen molar-refractivity contribution in [1.29, 1.82) is 0 Å². The van der Waals surface area contributed by atoms with Crippen molar-refractivity contribution in [2.45, 2.75) is 64.4 Å². The van der Waals surface area contributed by atoms with Gasteiger partial charge < -0.3 is 10.2 Å². The van der Waals surface area contributed by atoms with E-state index in [9.17, 15) is 18.0 Å². The van der Waals surface area contributed by atoms with Gasteiger partial charge in [-0.1, -0.05) is 84.9 Å². The number of amides is 2. The molecule has 2 amide bonds. The van der Waals surface area contributed by atoms with Crippen molar-refractivity contribution in [3.63, 3.8) is 0 Å². The average Bonchev–Trinajstić information content (AvgIpc) is 2.95. The van der Waals surface area contributed by atoms with Gasteiger partial charge in [-0.25, -0.2) is 8.42 Å². The molecule has 0 radical (unpaired) electrons. The van der Waals surface area contributed by atoms with Gasteiger partial charge in [-0.05, 0) is 74.2 Å². The van der Waals surface area contributed by atoms with Crippen molar-refractivity contribution < 1.29 is 18.0 Å². The number of sulfonamides is 1. The molecule has 0 bridgehead atoms. The third-order valence-corrected chi connectivity index (χ3v) is 9.63. The first kappa shape index (κ1) is 33.7. The molecule has 0 unspecified atom stereocenters. The van der Waals surface area contributed by atoms with Crippen LogP contribution in [0.5, 0.6) is 0 Å². The van der Waals surface area contributed by atoms with Crippen LogP contribution in [-0.2, 0) is 26.2 Å². The van der Waals surface area contributed by atoms with E-state index < -0.39 is 28.5 Å². The van der Waals surface area contributed by atoms with Crippen LogP contribution in [0, 0.1) is 13.8 Å². The summed E-state index contributed by atoms with van der Waals surface area (Å²) in [7, 11) is -4.21. The molecule has 3 rings (SSSR count). The molecule has 3 aromatic rings. The Labute approximate surface area is 263 Å². The number of aryl methyl sites for hydroxylation is 2. The van der Waals surface area contributed by atoms with Crippen molar-refractivity contribution in [2.75, 3.05) is 17.4 Å². The predicted octanol–water partition coefficient (Wildman–Crippen LogP) is 7.18. The molecule has 42 heavy (non-hydrogen) atoms. The summed E-state index contributed by atoms with van der Waals surface area (Å²) in [4.78, 5) is 28.9. The minimum absolute atomic E-state index is 0.0162. The fourth-order valence-corrected chi connectivity index (χ4v) is 6.42. The molecule has 0 saturated carbocycles. The van der Waals surface area contributed by atoms with Crippen LogP contribution in [0.15, 0.2) is 65.6 Å². The Balaban J connectivity index is 2.09. The fraction of sp³-hybridized carbons (Fsp3) is 0.355. The summed E-state index contributed by atoms with van der Waals surface area (Å²) >= 11 is 18.7. The maximum absolute atomic E-state index is 14.2. The summed E-state index contributed by atoms with van der Waals surface area (Å²) in [5.74, 6) is -0.875. The minimum atomic E-state index is -4.21. The van der Waals surface area contributed by atoms with E-state index in [0.29, 0.717) is 39.2 Å². The molecule has 0 aliphatic carbocycles. The first-order valence-corrected chi connectivity index (χ1v) is 16.3. The molecular weight excluding hydrogens is 617 g/mol. The molecule has 0 fully saturated rings. The Morgan fingerprint density at radius 2 is 1.60 bits per heavy atom. The van der Waals surface area contributed by atoms with Gasteiger partial charge in [0.05, 0.1) is 20.6 Å². The number of nitrogens with zero attached hydrogens (tertiary/aromatic N) is 2. The molecule has 3 aromatic carbocycles. The number of rotatable bonds is 13. The summed E-state index contributed by atoms with van der Waals surface area (Å²) in [6, 6.07) is 15.4. The Kier molecular flexibility index (Phi) is 12.1. The highest BCUT2D eigenvalue weighted by molar-refractivity contribution is 7.92. The topological polar surface area (TPSA) is 86.8 Å². The predicted molar refractivity (Wildman–Crippen MR) is 171 cm³/mol. The van der Waals surface area contributed by atoms with Gasteiger partial charge in [-0.2, -0.15) is 0 Å². The summed E-state index contributed by atoms with van der Waals surface area (Å²) in [5.41, 5.74) is 2.42. The zero-order valence-corrected chi connectivity index (χ0v) is 27.2. The smallest absolute Gasteiger partial charge is 0.264 e. The van der Waals surface area contributed by atoms with E-state index >= 15 is 0 Å². The van der Waals surface area contributed by atoms with Crippen LogP contribution in [-0.4, -0.2) is 44.3 Å². The van der Waals surface area contributed by atoms with Crippen molar-refractivity contribution in [3.05, 3.63) is 92.4 Å². The normalized spacial score (nSPS) is 12.1. The van der Waals surface area contributed by atoms with Gasteiger partial charge in [0.25, 0.3) is 10.0 Å². The number of hydrogen-bond donors (Lipinski definition) is 1. The second kappa shape index (κ2) is 15.1. The van der Waals surface area contributed by atoms with Gasteiger partial charge in [-0.15, -0.1) is 0 Å². The van der Waals surface area contributed by atoms with Crippen molar-refractivity contribution >= 4 is 62.3 Å². The fourth-order valence-electron chi connectivity index (χ4n) is 4.46. The quantitative estimate of drug-likeness (QED) is 0.198. The summed E-state index contributed by atoms with van der Waals surface area (Å²) in [5, 5.41) is 3.89. The summed E-state index contributed by atoms with van der Waals surface area (Å²) in [6.07, 6.45) is 2.00. The zero-order valence-electron chi connectivity index (χ0n) is 24.2. The van der Waals surface area contributed by atoms with Crippen molar-refractivity contribution in [1.82, 2.24) is 10.2 Å². The van der Waals surface area contributed by atoms with Gasteiger partial charge in [0.2, 0.25) is 11.8 Å². The van der Waals surface area contributed by atoms with Gasteiger partial charge >= 0.3 is 0 Å². The third-order valence-electron chi connectivity index (χ3n) is 6.88. The van der Waals surface area contributed by atoms with Gasteiger partial charge in [-0.3, -0.25) is 13.9 Å². The summed E-state index contributed by atoms with van der Waals surface area (Å²) in [6.45, 7) is 7.36. The molecule has 11 heteroatoms. The highest BCUT2D eigenvalue weighted by atomic mass is 35.5. The number of halogens is 3. The van der Waals surface area contributed by atoms with E-state index in [1.807, 2.05) is 13.8 Å². The molecule has 0 aliphatic heterocycles. The lowest BCUT2D eigenvalue weighted by molar-refractivity contribution is -0.140. The first-order chi connectivity index (χ1) is 19.9. The Morgan fingerprint density at radius 3 is 2.21 bits per heavy atom. The van der Waals surface area contributed by atoms with E-state index in [1.165, 1.54) is 23.1 Å². The number of carbonyl (C=O) groups is 2. The van der Waals surface area contributed by atoms with Gasteiger partial charge in [0, 0.05) is 18.1 Å². The van der Waals surface area contributed by atoms with Gasteiger partial charge in [0.1, 0.15) is 12.6 Å². The SMILES string of the molecule is CCCCNC(=O)[C@H](CC)N(Cc1ccc(Cl)c(Cl)c1)C(=O)CN(c1cc(Cl)ccc1C)S(=O)(=O)c1ccc(C)cc1. The molecule has 0 aromatic heterocycles. The molecule has 0 spiro atoms. The standard InChI is InChI=1S/C31H36Cl3N3O4S/c1-5-7-16-35-31(39)28(6-2)36(19-23-11-15-26(33)27(34)17-23)30(38)20-37(29-18-24(32)12-10-22(29)4)42(40,41)25-13-8-21(3)9-14-25/h8-15,17-18,28H,5-7,16,19-20H2,1-4H3,(H,35,39)/t28-/m0/s1. The van der Waals surface area contributed by atoms with Crippen LogP contribution in [0.2, 0.25) is 15.1 Å². The lowest BCUT2D eigenvalue weighted by Crippen LogP contribution is -2.52. The maximum Gasteiger partial charge on any atom is 0.264 e. The molecule has 0 aliphatic rings. The Hall–Kier alpha value is -2.78. The zero-order chi connectivity index (χ0) is 31.0. The third kappa shape index (κ3) is 8.40. The number of anilines is 1. The second-order valence-electron chi connectivity index (χ2n) is 10.1. The van der Waals surface area contributed by atoms with Crippen LogP contribution < -0.4 is 9.62 Å². The van der Waals surface area contributed by atoms with E-state index in [4.69, 9.17) is 34.8 Å². The summed E-state index contributed by atoms with van der Waals surface area (Å²) < 4.78 is 29.2. The molecule has 226 valence electrons. The van der Waals surface area contributed by atoms with Crippen LogP contribution in [0.4, 0.5) is 5.69 Å². The molecular formula is C31H36Cl3N3O4S. The largest absolute Gasteiger partial charge is 0.354 e. The molecule has 7 nitrogen and oxygen atoms in total. The molecule has 1 N–H and O–H groups in total. The highest BCUT2D eigenvalue weighted by Gasteiger charge is 2.34. The molecule has 0 heterocycles.